The number of nitrogens with one attached hydrogen (secondary N) is 1. The first-order valence-electron chi connectivity index (χ1n) is 14.6. The molecule has 10 nitrogen and oxygen atoms in total. The molecule has 1 aliphatic heterocycles. The van der Waals surface area contributed by atoms with Gasteiger partial charge in [0, 0.05) is 27.2 Å². The normalized spacial score (nSPS) is 15.1. The van der Waals surface area contributed by atoms with Gasteiger partial charge in [0.15, 0.2) is 5.75 Å². The molecule has 4 aromatic rings. The molecule has 1 aliphatic carbocycles. The molecule has 234 valence electrons. The van der Waals surface area contributed by atoms with Crippen LogP contribution in [-0.4, -0.2) is 45.5 Å². The van der Waals surface area contributed by atoms with Gasteiger partial charge in [-0.2, -0.15) is 0 Å². The highest BCUT2D eigenvalue weighted by Gasteiger charge is 2.53. The predicted octanol–water partition coefficient (Wildman–Crippen LogP) is 5.64. The maximum Gasteiger partial charge on any atom is 0.262 e. The van der Waals surface area contributed by atoms with Gasteiger partial charge < -0.3 is 19.1 Å². The fourth-order valence-corrected chi connectivity index (χ4v) is 7.77. The quantitative estimate of drug-likeness (QED) is 0.214. The number of benzene rings is 3. The van der Waals surface area contributed by atoms with E-state index in [1.165, 1.54) is 7.11 Å². The summed E-state index contributed by atoms with van der Waals surface area (Å²) in [6.07, 6.45) is 2.74. The molecule has 12 heteroatoms. The van der Waals surface area contributed by atoms with Crippen LogP contribution in [0.5, 0.6) is 17.2 Å². The Kier molecular flexibility index (Phi) is 8.21. The van der Waals surface area contributed by atoms with E-state index in [0.717, 1.165) is 0 Å². The number of fused-ring (bicyclic) bond motifs is 2. The zero-order valence-corrected chi connectivity index (χ0v) is 27.5. The lowest BCUT2D eigenvalue weighted by atomic mass is 9.94. The van der Waals surface area contributed by atoms with Gasteiger partial charge >= 0.3 is 0 Å². The number of rotatable bonds is 11. The fraction of sp³-hybridized carbons (Fsp3) is 0.303. The zero-order chi connectivity index (χ0) is 31.9. The van der Waals surface area contributed by atoms with Gasteiger partial charge in [-0.15, -0.1) is 0 Å². The van der Waals surface area contributed by atoms with Gasteiger partial charge in [0.1, 0.15) is 17.0 Å². The van der Waals surface area contributed by atoms with E-state index >= 15 is 0 Å². The van der Waals surface area contributed by atoms with E-state index < -0.39 is 27.1 Å². The Balaban J connectivity index is 1.25. The van der Waals surface area contributed by atoms with E-state index in [1.54, 1.807) is 59.6 Å². The molecule has 1 aromatic heterocycles. The average molecular weight is 695 g/mol. The van der Waals surface area contributed by atoms with Crippen molar-refractivity contribution in [3.63, 3.8) is 0 Å². The second-order valence-electron chi connectivity index (χ2n) is 10.9. The maximum atomic E-state index is 13.9. The van der Waals surface area contributed by atoms with Gasteiger partial charge in [-0.1, -0.05) is 24.3 Å². The van der Waals surface area contributed by atoms with Crippen LogP contribution in [0, 0.1) is 0 Å². The molecular formula is C33H32BrN3O7S. The topological polar surface area (TPSA) is 124 Å². The summed E-state index contributed by atoms with van der Waals surface area (Å²) in [7, 11) is -2.51. The Labute approximate surface area is 269 Å². The number of anilines is 1. The lowest BCUT2D eigenvalue weighted by molar-refractivity contribution is -0.121. The smallest absolute Gasteiger partial charge is 0.262 e. The molecule has 2 amide bonds. The molecule has 2 heterocycles. The molecule has 45 heavy (non-hydrogen) atoms. The summed E-state index contributed by atoms with van der Waals surface area (Å²) in [6.45, 7) is 4.70. The third kappa shape index (κ3) is 5.50. The third-order valence-corrected chi connectivity index (χ3v) is 9.98. The van der Waals surface area contributed by atoms with E-state index in [-0.39, 0.29) is 12.5 Å². The maximum absolute atomic E-state index is 13.9. The van der Waals surface area contributed by atoms with E-state index in [0.29, 0.717) is 86.6 Å². The lowest BCUT2D eigenvalue weighted by Gasteiger charge is -2.20. The molecule has 0 bridgehead atoms. The van der Waals surface area contributed by atoms with Gasteiger partial charge in [0.2, 0.25) is 15.9 Å². The van der Waals surface area contributed by atoms with Crippen LogP contribution in [0.1, 0.15) is 53.7 Å². The summed E-state index contributed by atoms with van der Waals surface area (Å²) in [6, 6.07) is 15.8. The molecule has 0 saturated heterocycles. The summed E-state index contributed by atoms with van der Waals surface area (Å²) in [5.41, 5.74) is 2.46. The highest BCUT2D eigenvalue weighted by Crippen LogP contribution is 2.51. The van der Waals surface area contributed by atoms with Crippen molar-refractivity contribution in [2.45, 2.75) is 44.4 Å². The van der Waals surface area contributed by atoms with E-state index in [1.807, 2.05) is 19.9 Å². The number of sulfonamides is 1. The Morgan fingerprint density at radius 1 is 1.04 bits per heavy atom. The van der Waals surface area contributed by atoms with Gasteiger partial charge in [-0.25, -0.2) is 8.42 Å². The third-order valence-electron chi connectivity index (χ3n) is 8.14. The van der Waals surface area contributed by atoms with Crippen LogP contribution in [0.15, 0.2) is 65.3 Å². The standard InChI is InChI=1S/C33H32BrN3O7S/c1-4-43-29-21-9-8-16-35-28(21)30(44-5-2)22-18-37(31(38)27(22)29)25-13-12-20(17-24(25)34)19-45(40,41)36-32(39)33(14-15-33)23-10-6-7-11-26(23)42-3/h6-13,16-17H,4-5,14-15,18-19H2,1-3H3,(H,36,39). The molecule has 2 aliphatic rings. The Morgan fingerprint density at radius 3 is 2.47 bits per heavy atom. The lowest BCUT2D eigenvalue weighted by Crippen LogP contribution is -2.39. The van der Waals surface area contributed by atoms with Crippen molar-refractivity contribution < 1.29 is 32.2 Å². The Hall–Kier alpha value is -4.16. The largest absolute Gasteiger partial charge is 0.496 e. The molecule has 0 unspecified atom stereocenters. The predicted molar refractivity (Wildman–Crippen MR) is 173 cm³/mol. The van der Waals surface area contributed by atoms with Gasteiger partial charge in [0.25, 0.3) is 5.91 Å². The second-order valence-corrected chi connectivity index (χ2v) is 13.5. The van der Waals surface area contributed by atoms with Crippen LogP contribution in [-0.2, 0) is 32.5 Å². The molecule has 1 fully saturated rings. The van der Waals surface area contributed by atoms with Crippen LogP contribution < -0.4 is 23.8 Å². The molecular weight excluding hydrogens is 662 g/mol. The van der Waals surface area contributed by atoms with Crippen LogP contribution in [0.25, 0.3) is 10.9 Å². The number of hydrogen-bond acceptors (Lipinski definition) is 8. The molecule has 0 radical (unpaired) electrons. The van der Waals surface area contributed by atoms with Crippen LogP contribution in [0.2, 0.25) is 0 Å². The van der Waals surface area contributed by atoms with Gasteiger partial charge in [0.05, 0.1) is 49.3 Å². The Bertz CT molecular complexity index is 1940. The van der Waals surface area contributed by atoms with Crippen molar-refractivity contribution in [2.75, 3.05) is 25.2 Å². The van der Waals surface area contributed by atoms with Crippen molar-refractivity contribution >= 4 is 54.4 Å². The second kappa shape index (κ2) is 12.0. The molecule has 1 N–H and O–H groups in total. The van der Waals surface area contributed by atoms with Gasteiger partial charge in [-0.05, 0) is 78.5 Å². The van der Waals surface area contributed by atoms with E-state index in [9.17, 15) is 18.0 Å². The SMILES string of the molecule is CCOc1c2c(c(OCC)c3ncccc13)CN(c1ccc(CS(=O)(=O)NC(=O)C3(c4ccccc4OC)CC3)cc1Br)C2=O. The minimum atomic E-state index is -4.04. The fourth-order valence-electron chi connectivity index (χ4n) is 5.97. The van der Waals surface area contributed by atoms with Gasteiger partial charge in [-0.3, -0.25) is 19.3 Å². The van der Waals surface area contributed by atoms with Crippen molar-refractivity contribution in [3.05, 3.63) is 87.5 Å². The zero-order valence-electron chi connectivity index (χ0n) is 25.1. The first-order chi connectivity index (χ1) is 21.6. The summed E-state index contributed by atoms with van der Waals surface area (Å²) in [5.74, 6) is 0.293. The molecule has 6 rings (SSSR count). The monoisotopic (exact) mass is 693 g/mol. The number of amides is 2. The average Bonchev–Trinajstić information content (AvgIpc) is 3.77. The van der Waals surface area contributed by atoms with Crippen molar-refractivity contribution in [1.29, 1.82) is 0 Å². The number of halogens is 1. The summed E-state index contributed by atoms with van der Waals surface area (Å²) in [5, 5.41) is 0.692. The van der Waals surface area contributed by atoms with Crippen LogP contribution >= 0.6 is 15.9 Å². The Morgan fingerprint density at radius 2 is 1.78 bits per heavy atom. The molecule has 1 saturated carbocycles. The number of carbonyl (C=O) groups excluding carboxylic acids is 2. The van der Waals surface area contributed by atoms with Crippen LogP contribution in [0.3, 0.4) is 0 Å². The number of ether oxygens (including phenoxy) is 3. The highest BCUT2D eigenvalue weighted by molar-refractivity contribution is 9.10. The number of para-hydroxylation sites is 1. The number of methoxy groups -OCH3 is 1. The number of hydrogen-bond donors (Lipinski definition) is 1. The first-order valence-corrected chi connectivity index (χ1v) is 17.1. The summed E-state index contributed by atoms with van der Waals surface area (Å²) in [4.78, 5) is 33.3. The molecule has 0 atom stereocenters. The minimum absolute atomic E-state index is 0.216. The number of nitrogens with zero attached hydrogens (tertiary/aromatic N) is 2. The highest BCUT2D eigenvalue weighted by atomic mass is 79.9. The first kappa shape index (κ1) is 30.8. The van der Waals surface area contributed by atoms with E-state index in [2.05, 4.69) is 25.6 Å². The van der Waals surface area contributed by atoms with Crippen LogP contribution in [0.4, 0.5) is 5.69 Å². The number of carbonyl (C=O) groups is 2. The minimum Gasteiger partial charge on any atom is -0.496 e. The summed E-state index contributed by atoms with van der Waals surface area (Å²) >= 11 is 3.55. The van der Waals surface area contributed by atoms with E-state index in [4.69, 9.17) is 14.2 Å². The van der Waals surface area contributed by atoms with Crippen molar-refractivity contribution in [2.24, 2.45) is 0 Å². The molecule has 0 spiro atoms. The summed E-state index contributed by atoms with van der Waals surface area (Å²) < 4.78 is 46.6. The number of aromatic nitrogens is 1. The molecule has 3 aromatic carbocycles. The van der Waals surface area contributed by atoms with Crippen molar-refractivity contribution in [1.82, 2.24) is 9.71 Å². The number of pyridine rings is 1. The van der Waals surface area contributed by atoms with Crippen molar-refractivity contribution in [3.8, 4) is 17.2 Å².